The highest BCUT2D eigenvalue weighted by atomic mass is 33.1. The fourth-order valence-electron chi connectivity index (χ4n) is 0.140. The van der Waals surface area contributed by atoms with E-state index in [0.717, 1.165) is 0 Å². The van der Waals surface area contributed by atoms with E-state index in [1.54, 1.807) is 0 Å². The summed E-state index contributed by atoms with van der Waals surface area (Å²) in [5.41, 5.74) is 0. The smallest absolute Gasteiger partial charge is 0.180 e. The van der Waals surface area contributed by atoms with Gasteiger partial charge in [0.05, 0.1) is 0 Å². The second-order valence-electron chi connectivity index (χ2n) is 0.799. The third kappa shape index (κ3) is 3.83. The molecule has 0 N–H and O–H groups in total. The van der Waals surface area contributed by atoms with E-state index in [-0.39, 0.29) is 0 Å². The lowest BCUT2D eigenvalue weighted by atomic mass is 11.8. The molecule has 0 aromatic rings. The first kappa shape index (κ1) is 8.88. The molecule has 0 saturated carbocycles. The van der Waals surface area contributed by atoms with Crippen molar-refractivity contribution in [1.82, 2.24) is 0 Å². The summed E-state index contributed by atoms with van der Waals surface area (Å²) in [5.74, 6) is 0. The lowest BCUT2D eigenvalue weighted by Crippen LogP contribution is -2.04. The Balaban J connectivity index is 3.77. The van der Waals surface area contributed by atoms with Gasteiger partial charge in [0, 0.05) is 0 Å². The van der Waals surface area contributed by atoms with Crippen LogP contribution in [0.4, 0.5) is 0 Å². The van der Waals surface area contributed by atoms with Crippen LogP contribution in [0.15, 0.2) is 0 Å². The van der Waals surface area contributed by atoms with E-state index in [1.165, 1.54) is 10.8 Å². The molecule has 1 unspecified atom stereocenters. The van der Waals surface area contributed by atoms with Crippen molar-refractivity contribution in [2.24, 2.45) is 0 Å². The predicted octanol–water partition coefficient (Wildman–Crippen LogP) is 0.338. The summed E-state index contributed by atoms with van der Waals surface area (Å²) < 4.78 is 3.77. The summed E-state index contributed by atoms with van der Waals surface area (Å²) in [4.78, 5) is 9.56. The van der Waals surface area contributed by atoms with Crippen molar-refractivity contribution in [3.05, 3.63) is 10.1 Å². The molecule has 0 spiro atoms. The fourth-order valence-corrected chi connectivity index (χ4v) is 0.974. The topological polar surface area (TPSA) is 100.0 Å². The molecule has 6 nitrogen and oxygen atoms in total. The molecule has 0 aliphatic rings. The second-order valence-corrected chi connectivity index (χ2v) is 3.36. The minimum Gasteiger partial charge on any atom is -0.180 e. The van der Waals surface area contributed by atoms with Crippen LogP contribution in [0.2, 0.25) is 0 Å². The Morgan fingerprint density at radius 1 is 1.70 bits per heavy atom. The minimum atomic E-state index is -1.60. The standard InChI is InChI=1S/C2N3O3S2/c3-1-9-10(2-4)8-5(6)7/q+1. The Morgan fingerprint density at radius 2 is 2.30 bits per heavy atom. The van der Waals surface area contributed by atoms with Crippen molar-refractivity contribution < 1.29 is 9.37 Å². The van der Waals surface area contributed by atoms with Gasteiger partial charge in [-0.1, -0.05) is 4.28 Å². The van der Waals surface area contributed by atoms with Gasteiger partial charge in [0.2, 0.25) is 0 Å². The zero-order chi connectivity index (χ0) is 7.98. The maximum absolute atomic E-state index is 9.56. The molecule has 0 aliphatic carbocycles. The molecule has 0 radical (unpaired) electrons. The molecule has 0 aromatic heterocycles. The Labute approximate surface area is 62.4 Å². The van der Waals surface area contributed by atoms with Gasteiger partial charge in [-0.2, -0.15) is 5.26 Å². The highest BCUT2D eigenvalue weighted by molar-refractivity contribution is 8.75. The van der Waals surface area contributed by atoms with Crippen LogP contribution in [0.3, 0.4) is 0 Å². The first-order valence-corrected chi connectivity index (χ1v) is 4.22. The summed E-state index contributed by atoms with van der Waals surface area (Å²) in [6.45, 7) is 0. The van der Waals surface area contributed by atoms with Gasteiger partial charge in [-0.15, -0.1) is 15.4 Å². The van der Waals surface area contributed by atoms with E-state index in [1.807, 2.05) is 0 Å². The molecule has 8 heteroatoms. The molecule has 0 rings (SSSR count). The quantitative estimate of drug-likeness (QED) is 0.203. The molecule has 0 aromatic carbocycles. The summed E-state index contributed by atoms with van der Waals surface area (Å²) in [6, 6.07) is 0. The van der Waals surface area contributed by atoms with Crippen LogP contribution < -0.4 is 0 Å². The third-order valence-corrected chi connectivity index (χ3v) is 2.03. The summed E-state index contributed by atoms with van der Waals surface area (Å²) in [5, 5.41) is 27.4. The van der Waals surface area contributed by atoms with Crippen molar-refractivity contribution >= 4 is 21.0 Å². The monoisotopic (exact) mass is 178 g/mol. The van der Waals surface area contributed by atoms with Gasteiger partial charge in [0.1, 0.15) is 0 Å². The molecule has 0 bridgehead atoms. The fraction of sp³-hybridized carbons (Fsp3) is 0. The Hall–Kier alpha value is -1.12. The van der Waals surface area contributed by atoms with Crippen LogP contribution in [0.1, 0.15) is 0 Å². The molecular weight excluding hydrogens is 178 g/mol. The van der Waals surface area contributed by atoms with E-state index in [9.17, 15) is 10.1 Å². The van der Waals surface area contributed by atoms with E-state index < -0.39 is 15.3 Å². The molecule has 0 amide bonds. The lowest BCUT2D eigenvalue weighted by Gasteiger charge is -1.81. The van der Waals surface area contributed by atoms with Crippen molar-refractivity contribution in [2.45, 2.75) is 0 Å². The Bertz CT molecular complexity index is 205. The van der Waals surface area contributed by atoms with Gasteiger partial charge < -0.3 is 0 Å². The molecule has 0 heterocycles. The van der Waals surface area contributed by atoms with Crippen molar-refractivity contribution in [1.29, 1.82) is 10.5 Å². The van der Waals surface area contributed by atoms with Crippen LogP contribution >= 0.6 is 10.8 Å². The molecule has 0 saturated heterocycles. The Kier molecular flexibility index (Phi) is 4.20. The normalized spacial score (nSPS) is 10.6. The number of hydrogen-bond donors (Lipinski definition) is 0. The zero-order valence-electron chi connectivity index (χ0n) is 4.38. The number of nitriles is 2. The SMILES string of the molecule is N#CS[S+](C#N)O[N+](=O)[O-]. The van der Waals surface area contributed by atoms with Crippen molar-refractivity contribution in [3.63, 3.8) is 0 Å². The highest BCUT2D eigenvalue weighted by Gasteiger charge is 2.28. The second kappa shape index (κ2) is 4.73. The third-order valence-electron chi connectivity index (χ3n) is 0.316. The molecular formula is C2N3O3S2+. The van der Waals surface area contributed by atoms with Gasteiger partial charge in [-0.25, -0.2) is 0 Å². The average molecular weight is 178 g/mol. The van der Waals surface area contributed by atoms with Gasteiger partial charge in [0.15, 0.2) is 5.40 Å². The number of thiocyanates is 2. The predicted molar refractivity (Wildman–Crippen MR) is 34.3 cm³/mol. The number of rotatable bonds is 3. The minimum absolute atomic E-state index is 0.413. The maximum Gasteiger partial charge on any atom is 0.410 e. The van der Waals surface area contributed by atoms with E-state index >= 15 is 0 Å². The van der Waals surface area contributed by atoms with Crippen LogP contribution in [0, 0.1) is 31.4 Å². The zero-order valence-corrected chi connectivity index (χ0v) is 6.02. The van der Waals surface area contributed by atoms with Gasteiger partial charge >= 0.3 is 20.7 Å². The van der Waals surface area contributed by atoms with Gasteiger partial charge in [0.25, 0.3) is 10.8 Å². The van der Waals surface area contributed by atoms with Crippen molar-refractivity contribution in [3.8, 4) is 10.8 Å². The summed E-state index contributed by atoms with van der Waals surface area (Å²) in [6.07, 6.45) is 0. The average Bonchev–Trinajstić information content (AvgIpc) is 1.86. The van der Waals surface area contributed by atoms with Crippen LogP contribution in [-0.4, -0.2) is 5.09 Å². The largest absolute Gasteiger partial charge is 0.410 e. The van der Waals surface area contributed by atoms with E-state index in [2.05, 4.69) is 4.28 Å². The van der Waals surface area contributed by atoms with Gasteiger partial charge in [-0.05, 0) is 0 Å². The number of nitrogens with zero attached hydrogens (tertiary/aromatic N) is 3. The molecule has 0 fully saturated rings. The Morgan fingerprint density at radius 3 is 2.60 bits per heavy atom. The van der Waals surface area contributed by atoms with E-state index in [0.29, 0.717) is 10.8 Å². The van der Waals surface area contributed by atoms with Crippen molar-refractivity contribution in [2.75, 3.05) is 0 Å². The first-order valence-electron chi connectivity index (χ1n) is 1.74. The van der Waals surface area contributed by atoms with Crippen LogP contribution in [0.25, 0.3) is 0 Å². The highest BCUT2D eigenvalue weighted by Crippen LogP contribution is 2.14. The molecule has 0 aliphatic heterocycles. The molecule has 52 valence electrons. The molecule has 1 atom stereocenters. The van der Waals surface area contributed by atoms with Crippen LogP contribution in [-0.2, 0) is 14.5 Å². The molecule has 10 heavy (non-hydrogen) atoms. The van der Waals surface area contributed by atoms with E-state index in [4.69, 9.17) is 10.5 Å². The van der Waals surface area contributed by atoms with Crippen LogP contribution in [0.5, 0.6) is 0 Å². The maximum atomic E-state index is 9.56. The first-order chi connectivity index (χ1) is 4.70. The summed E-state index contributed by atoms with van der Waals surface area (Å²) >= 11 is 0. The lowest BCUT2D eigenvalue weighted by molar-refractivity contribution is -0.708. The number of hydrogen-bond acceptors (Lipinski definition) is 6. The van der Waals surface area contributed by atoms with Gasteiger partial charge in [-0.3, -0.25) is 0 Å². The summed E-state index contributed by atoms with van der Waals surface area (Å²) in [7, 11) is -1.19.